The molecule has 0 amide bonds. The van der Waals surface area contributed by atoms with Gasteiger partial charge in [0.2, 0.25) is 0 Å². The molecule has 0 aliphatic rings. The SMILES string of the molecule is CCC/C=C\C/C=C\CCCCCCCC(=O)OCC(COCCCCCCCCCCCC)OC(=O)CCCCCCC/C=C\CCCC. The van der Waals surface area contributed by atoms with Crippen molar-refractivity contribution in [3.8, 4) is 0 Å². The predicted molar refractivity (Wildman–Crippen MR) is 215 cm³/mol. The van der Waals surface area contributed by atoms with Gasteiger partial charge in [0, 0.05) is 19.4 Å². The van der Waals surface area contributed by atoms with Gasteiger partial charge in [-0.3, -0.25) is 9.59 Å². The van der Waals surface area contributed by atoms with Crippen LogP contribution in [0.4, 0.5) is 0 Å². The summed E-state index contributed by atoms with van der Waals surface area (Å²) in [4.78, 5) is 25.1. The number of unbranched alkanes of at least 4 members (excludes halogenated alkanes) is 22. The highest BCUT2D eigenvalue weighted by atomic mass is 16.6. The van der Waals surface area contributed by atoms with E-state index < -0.39 is 6.10 Å². The van der Waals surface area contributed by atoms with Crippen LogP contribution in [0, 0.1) is 0 Å². The molecule has 1 atom stereocenters. The van der Waals surface area contributed by atoms with Crippen molar-refractivity contribution >= 4 is 11.9 Å². The van der Waals surface area contributed by atoms with E-state index in [1.54, 1.807) is 0 Å². The Labute approximate surface area is 310 Å². The van der Waals surface area contributed by atoms with E-state index in [9.17, 15) is 9.59 Å². The molecule has 0 aromatic carbocycles. The predicted octanol–water partition coefficient (Wildman–Crippen LogP) is 13.9. The van der Waals surface area contributed by atoms with Crippen LogP contribution in [0.5, 0.6) is 0 Å². The second-order valence-electron chi connectivity index (χ2n) is 14.2. The van der Waals surface area contributed by atoms with Crippen molar-refractivity contribution in [1.82, 2.24) is 0 Å². The first-order valence-corrected chi connectivity index (χ1v) is 21.5. The highest BCUT2D eigenvalue weighted by Gasteiger charge is 2.17. The maximum atomic E-state index is 12.7. The molecule has 0 radical (unpaired) electrons. The Bertz CT molecular complexity index is 801. The lowest BCUT2D eigenvalue weighted by molar-refractivity contribution is -0.163. The summed E-state index contributed by atoms with van der Waals surface area (Å²) in [5, 5.41) is 0. The molecule has 0 N–H and O–H groups in total. The van der Waals surface area contributed by atoms with Gasteiger partial charge >= 0.3 is 11.9 Å². The van der Waals surface area contributed by atoms with Crippen LogP contribution >= 0.6 is 0 Å². The minimum Gasteiger partial charge on any atom is -0.462 e. The average Bonchev–Trinajstić information content (AvgIpc) is 3.11. The zero-order valence-corrected chi connectivity index (χ0v) is 33.4. The van der Waals surface area contributed by atoms with E-state index in [2.05, 4.69) is 57.2 Å². The third kappa shape index (κ3) is 38.9. The van der Waals surface area contributed by atoms with Gasteiger partial charge in [0.15, 0.2) is 6.10 Å². The monoisotopic (exact) mass is 703 g/mol. The van der Waals surface area contributed by atoms with E-state index >= 15 is 0 Å². The van der Waals surface area contributed by atoms with E-state index in [1.807, 2.05) is 0 Å². The summed E-state index contributed by atoms with van der Waals surface area (Å²) in [6.07, 6.45) is 47.0. The van der Waals surface area contributed by atoms with Gasteiger partial charge in [-0.15, -0.1) is 0 Å². The minimum atomic E-state index is -0.538. The molecular weight excluding hydrogens is 620 g/mol. The zero-order chi connectivity index (χ0) is 36.4. The maximum Gasteiger partial charge on any atom is 0.306 e. The Morgan fingerprint density at radius 3 is 1.48 bits per heavy atom. The Hall–Kier alpha value is -1.88. The smallest absolute Gasteiger partial charge is 0.306 e. The largest absolute Gasteiger partial charge is 0.462 e. The fraction of sp³-hybridized carbons (Fsp3) is 0.822. The fourth-order valence-electron chi connectivity index (χ4n) is 5.88. The summed E-state index contributed by atoms with van der Waals surface area (Å²) in [6, 6.07) is 0. The van der Waals surface area contributed by atoms with Crippen LogP contribution in [0.25, 0.3) is 0 Å². The molecule has 50 heavy (non-hydrogen) atoms. The van der Waals surface area contributed by atoms with E-state index in [0.29, 0.717) is 19.4 Å². The zero-order valence-electron chi connectivity index (χ0n) is 33.4. The molecule has 0 aliphatic heterocycles. The molecule has 1 unspecified atom stereocenters. The van der Waals surface area contributed by atoms with Crippen molar-refractivity contribution in [3.05, 3.63) is 36.5 Å². The van der Waals surface area contributed by atoms with E-state index in [1.165, 1.54) is 109 Å². The molecule has 0 aromatic heterocycles. The molecule has 0 aromatic rings. The lowest BCUT2D eigenvalue weighted by Crippen LogP contribution is -2.30. The first-order valence-electron chi connectivity index (χ1n) is 21.5. The Morgan fingerprint density at radius 1 is 0.440 bits per heavy atom. The van der Waals surface area contributed by atoms with Gasteiger partial charge in [0.25, 0.3) is 0 Å². The van der Waals surface area contributed by atoms with Crippen LogP contribution < -0.4 is 0 Å². The van der Waals surface area contributed by atoms with E-state index in [0.717, 1.165) is 70.6 Å². The van der Waals surface area contributed by atoms with Gasteiger partial charge in [-0.25, -0.2) is 0 Å². The van der Waals surface area contributed by atoms with Gasteiger partial charge in [0.05, 0.1) is 6.61 Å². The number of hydrogen-bond donors (Lipinski definition) is 0. The lowest BCUT2D eigenvalue weighted by atomic mass is 10.1. The van der Waals surface area contributed by atoms with Crippen LogP contribution in [-0.4, -0.2) is 37.9 Å². The van der Waals surface area contributed by atoms with Crippen molar-refractivity contribution in [1.29, 1.82) is 0 Å². The van der Waals surface area contributed by atoms with Gasteiger partial charge in [0.1, 0.15) is 6.61 Å². The molecule has 0 bridgehead atoms. The summed E-state index contributed by atoms with van der Waals surface area (Å²) in [7, 11) is 0. The van der Waals surface area contributed by atoms with Crippen LogP contribution in [0.2, 0.25) is 0 Å². The van der Waals surface area contributed by atoms with Gasteiger partial charge < -0.3 is 14.2 Å². The summed E-state index contributed by atoms with van der Waals surface area (Å²) < 4.78 is 17.2. The topological polar surface area (TPSA) is 61.8 Å². The van der Waals surface area contributed by atoms with Crippen molar-refractivity contribution in [2.24, 2.45) is 0 Å². The van der Waals surface area contributed by atoms with Crippen molar-refractivity contribution in [2.45, 2.75) is 219 Å². The molecule has 292 valence electrons. The molecule has 0 aliphatic carbocycles. The van der Waals surface area contributed by atoms with Crippen molar-refractivity contribution in [3.63, 3.8) is 0 Å². The third-order valence-corrected chi connectivity index (χ3v) is 9.13. The molecule has 0 rings (SSSR count). The normalized spacial score (nSPS) is 12.5. The third-order valence-electron chi connectivity index (χ3n) is 9.13. The Balaban J connectivity index is 4.26. The molecule has 0 spiro atoms. The van der Waals surface area contributed by atoms with Crippen molar-refractivity contribution in [2.75, 3.05) is 19.8 Å². The number of esters is 2. The minimum absolute atomic E-state index is 0.0777. The number of carbonyl (C=O) groups excluding carboxylic acids is 2. The Morgan fingerprint density at radius 2 is 0.900 bits per heavy atom. The molecule has 0 saturated carbocycles. The molecule has 5 heteroatoms. The summed E-state index contributed by atoms with van der Waals surface area (Å²) in [5.41, 5.74) is 0. The molecule has 0 fully saturated rings. The highest BCUT2D eigenvalue weighted by molar-refractivity contribution is 5.70. The van der Waals surface area contributed by atoms with Gasteiger partial charge in [-0.1, -0.05) is 173 Å². The number of carbonyl (C=O) groups is 2. The van der Waals surface area contributed by atoms with Gasteiger partial charge in [-0.2, -0.15) is 0 Å². The quantitative estimate of drug-likeness (QED) is 0.0362. The maximum absolute atomic E-state index is 12.7. The summed E-state index contributed by atoms with van der Waals surface area (Å²) in [6.45, 7) is 7.70. The molecule has 0 heterocycles. The standard InChI is InChI=1S/C45H82O5/c1-4-7-10-13-16-19-22-23-25-26-29-32-35-38-44(46)49-42-43(41-48-40-37-34-31-28-21-18-15-12-9-6-3)50-45(47)39-36-33-30-27-24-20-17-14-11-8-5-2/h10,13-14,17,19,22,43H,4-9,11-12,15-16,18,20-21,23-42H2,1-3H3/b13-10-,17-14-,22-19-. The highest BCUT2D eigenvalue weighted by Crippen LogP contribution is 2.13. The van der Waals surface area contributed by atoms with Crippen LogP contribution in [0.15, 0.2) is 36.5 Å². The van der Waals surface area contributed by atoms with Crippen LogP contribution in [0.3, 0.4) is 0 Å². The summed E-state index contributed by atoms with van der Waals surface area (Å²) >= 11 is 0. The molecule has 5 nitrogen and oxygen atoms in total. The lowest BCUT2D eigenvalue weighted by Gasteiger charge is -2.18. The second-order valence-corrected chi connectivity index (χ2v) is 14.2. The first-order chi connectivity index (χ1) is 24.6. The first kappa shape index (κ1) is 48.1. The van der Waals surface area contributed by atoms with E-state index in [-0.39, 0.29) is 25.2 Å². The number of ether oxygens (including phenoxy) is 3. The van der Waals surface area contributed by atoms with E-state index in [4.69, 9.17) is 14.2 Å². The fourth-order valence-corrected chi connectivity index (χ4v) is 5.88. The number of allylic oxidation sites excluding steroid dienone is 6. The number of hydrogen-bond acceptors (Lipinski definition) is 5. The Kier molecular flexibility index (Phi) is 40.0. The van der Waals surface area contributed by atoms with Gasteiger partial charge in [-0.05, 0) is 64.2 Å². The number of rotatable bonds is 39. The van der Waals surface area contributed by atoms with Crippen molar-refractivity contribution < 1.29 is 23.8 Å². The molecule has 0 saturated heterocycles. The average molecular weight is 703 g/mol. The van der Waals surface area contributed by atoms with Crippen LogP contribution in [0.1, 0.15) is 213 Å². The summed E-state index contributed by atoms with van der Waals surface area (Å²) in [5.74, 6) is -0.421. The second kappa shape index (κ2) is 41.5. The van der Waals surface area contributed by atoms with Crippen LogP contribution in [-0.2, 0) is 23.8 Å². The molecular formula is C45H82O5.